The van der Waals surface area contributed by atoms with Gasteiger partial charge < -0.3 is 15.0 Å². The van der Waals surface area contributed by atoms with Gasteiger partial charge in [0.25, 0.3) is 5.91 Å². The summed E-state index contributed by atoms with van der Waals surface area (Å²) in [6.07, 6.45) is 2.63. The van der Waals surface area contributed by atoms with E-state index in [1.54, 1.807) is 12.1 Å². The lowest BCUT2D eigenvalue weighted by atomic mass is 10.0. The Morgan fingerprint density at radius 1 is 1.07 bits per heavy atom. The minimum Gasteiger partial charge on any atom is -0.494 e. The summed E-state index contributed by atoms with van der Waals surface area (Å²) < 4.78 is 5.26. The SMILES string of the molecule is COc1c(Cl)ccc(Cl)c1C(=O)NC1CCN(C(=O)CCc2ccc(C)cc2)CC1. The van der Waals surface area contributed by atoms with Crippen molar-refractivity contribution in [3.63, 3.8) is 0 Å². The molecule has 1 aliphatic rings. The van der Waals surface area contributed by atoms with Crippen molar-refractivity contribution in [1.82, 2.24) is 10.2 Å². The molecule has 0 aromatic heterocycles. The number of hydrogen-bond donors (Lipinski definition) is 1. The van der Waals surface area contributed by atoms with Gasteiger partial charge in [-0.2, -0.15) is 0 Å². The Kier molecular flexibility index (Phi) is 7.62. The fraction of sp³-hybridized carbons (Fsp3) is 0.391. The highest BCUT2D eigenvalue weighted by Gasteiger charge is 2.26. The van der Waals surface area contributed by atoms with Crippen molar-refractivity contribution in [2.45, 2.75) is 38.6 Å². The molecule has 3 rings (SSSR count). The van der Waals surface area contributed by atoms with E-state index in [4.69, 9.17) is 27.9 Å². The lowest BCUT2D eigenvalue weighted by molar-refractivity contribution is -0.132. The van der Waals surface area contributed by atoms with E-state index in [2.05, 4.69) is 29.6 Å². The number of methoxy groups -OCH3 is 1. The Hall–Kier alpha value is -2.24. The highest BCUT2D eigenvalue weighted by Crippen LogP contribution is 2.34. The van der Waals surface area contributed by atoms with E-state index in [1.165, 1.54) is 18.2 Å². The number of carbonyl (C=O) groups excluding carboxylic acids is 2. The van der Waals surface area contributed by atoms with Crippen LogP contribution in [-0.2, 0) is 11.2 Å². The molecule has 0 saturated carbocycles. The summed E-state index contributed by atoms with van der Waals surface area (Å²) in [5.41, 5.74) is 2.62. The second-order valence-corrected chi connectivity index (χ2v) is 8.37. The van der Waals surface area contributed by atoms with Gasteiger partial charge >= 0.3 is 0 Å². The monoisotopic (exact) mass is 448 g/mol. The lowest BCUT2D eigenvalue weighted by Gasteiger charge is -2.32. The molecule has 1 saturated heterocycles. The summed E-state index contributed by atoms with van der Waals surface area (Å²) in [6, 6.07) is 11.4. The number of nitrogens with one attached hydrogen (secondary N) is 1. The van der Waals surface area contributed by atoms with E-state index in [0.29, 0.717) is 37.4 Å². The van der Waals surface area contributed by atoms with Crippen LogP contribution in [0.3, 0.4) is 0 Å². The number of ether oxygens (including phenoxy) is 1. The minimum atomic E-state index is -0.316. The summed E-state index contributed by atoms with van der Waals surface area (Å²) in [4.78, 5) is 27.2. The maximum absolute atomic E-state index is 12.7. The Balaban J connectivity index is 1.51. The maximum Gasteiger partial charge on any atom is 0.256 e. The van der Waals surface area contributed by atoms with Crippen molar-refractivity contribution in [2.75, 3.05) is 20.2 Å². The molecular weight excluding hydrogens is 423 g/mol. The number of aryl methyl sites for hydroxylation is 2. The third-order valence-electron chi connectivity index (χ3n) is 5.42. The number of likely N-dealkylation sites (tertiary alicyclic amines) is 1. The second-order valence-electron chi connectivity index (χ2n) is 7.55. The molecule has 2 aromatic rings. The predicted molar refractivity (Wildman–Crippen MR) is 120 cm³/mol. The maximum atomic E-state index is 12.7. The van der Waals surface area contributed by atoms with Crippen LogP contribution in [0.5, 0.6) is 5.75 Å². The quantitative estimate of drug-likeness (QED) is 0.698. The molecule has 2 amide bonds. The molecule has 0 unspecified atom stereocenters. The first-order valence-corrected chi connectivity index (χ1v) is 10.8. The zero-order valence-electron chi connectivity index (χ0n) is 17.2. The molecule has 160 valence electrons. The van der Waals surface area contributed by atoms with Gasteiger partial charge in [-0.15, -0.1) is 0 Å². The average Bonchev–Trinajstić information content (AvgIpc) is 2.74. The van der Waals surface area contributed by atoms with Gasteiger partial charge in [0.1, 0.15) is 5.56 Å². The van der Waals surface area contributed by atoms with E-state index >= 15 is 0 Å². The normalized spacial score (nSPS) is 14.5. The first kappa shape index (κ1) is 22.4. The summed E-state index contributed by atoms with van der Waals surface area (Å²) in [5, 5.41) is 3.62. The van der Waals surface area contributed by atoms with Crippen molar-refractivity contribution in [3.8, 4) is 5.75 Å². The molecule has 30 heavy (non-hydrogen) atoms. The molecule has 0 radical (unpaired) electrons. The third kappa shape index (κ3) is 5.46. The molecule has 1 N–H and O–H groups in total. The number of nitrogens with zero attached hydrogens (tertiary/aromatic N) is 1. The van der Waals surface area contributed by atoms with Gasteiger partial charge in [-0.1, -0.05) is 53.0 Å². The zero-order valence-corrected chi connectivity index (χ0v) is 18.7. The van der Waals surface area contributed by atoms with E-state index in [0.717, 1.165) is 6.42 Å². The van der Waals surface area contributed by atoms with Crippen molar-refractivity contribution < 1.29 is 14.3 Å². The van der Waals surface area contributed by atoms with Crippen LogP contribution in [0.1, 0.15) is 40.7 Å². The van der Waals surface area contributed by atoms with E-state index in [1.807, 2.05) is 11.8 Å². The van der Waals surface area contributed by atoms with E-state index in [-0.39, 0.29) is 34.2 Å². The highest BCUT2D eigenvalue weighted by atomic mass is 35.5. The largest absolute Gasteiger partial charge is 0.494 e. The Morgan fingerprint density at radius 2 is 1.70 bits per heavy atom. The zero-order chi connectivity index (χ0) is 21.7. The molecule has 1 heterocycles. The number of piperidine rings is 1. The van der Waals surface area contributed by atoms with Crippen LogP contribution in [0.25, 0.3) is 0 Å². The minimum absolute atomic E-state index is 0.0293. The van der Waals surface area contributed by atoms with Gasteiger partial charge in [0.2, 0.25) is 5.91 Å². The van der Waals surface area contributed by atoms with Crippen LogP contribution in [0.2, 0.25) is 10.0 Å². The molecule has 0 bridgehead atoms. The molecular formula is C23H26Cl2N2O3. The number of carbonyl (C=O) groups is 2. The highest BCUT2D eigenvalue weighted by molar-refractivity contribution is 6.37. The first-order chi connectivity index (χ1) is 14.4. The molecule has 1 aliphatic heterocycles. The summed E-state index contributed by atoms with van der Waals surface area (Å²) in [5.74, 6) is 0.105. The van der Waals surface area contributed by atoms with Crippen LogP contribution < -0.4 is 10.1 Å². The standard InChI is InChI=1S/C23H26Cl2N2O3/c1-15-3-5-16(6-4-15)7-10-20(28)27-13-11-17(12-14-27)26-23(29)21-18(24)8-9-19(25)22(21)30-2/h3-6,8-9,17H,7,10-14H2,1-2H3,(H,26,29). The lowest BCUT2D eigenvalue weighted by Crippen LogP contribution is -2.46. The summed E-state index contributed by atoms with van der Waals surface area (Å²) in [7, 11) is 1.45. The number of benzene rings is 2. The Morgan fingerprint density at radius 3 is 2.33 bits per heavy atom. The van der Waals surface area contributed by atoms with Gasteiger partial charge in [-0.3, -0.25) is 9.59 Å². The van der Waals surface area contributed by atoms with Gasteiger partial charge in [-0.25, -0.2) is 0 Å². The molecule has 1 fully saturated rings. The Bertz CT molecular complexity index is 907. The van der Waals surface area contributed by atoms with Crippen LogP contribution in [0, 0.1) is 6.92 Å². The van der Waals surface area contributed by atoms with E-state index < -0.39 is 0 Å². The average molecular weight is 449 g/mol. The topological polar surface area (TPSA) is 58.6 Å². The van der Waals surface area contributed by atoms with Gasteiger partial charge in [0.05, 0.1) is 17.2 Å². The van der Waals surface area contributed by atoms with E-state index in [9.17, 15) is 9.59 Å². The van der Waals surface area contributed by atoms with Gasteiger partial charge in [-0.05, 0) is 43.9 Å². The molecule has 5 nitrogen and oxygen atoms in total. The molecule has 7 heteroatoms. The van der Waals surface area contributed by atoms with Crippen LogP contribution in [0.15, 0.2) is 36.4 Å². The molecule has 2 aromatic carbocycles. The van der Waals surface area contributed by atoms with Gasteiger partial charge in [0, 0.05) is 25.6 Å². The van der Waals surface area contributed by atoms with Crippen molar-refractivity contribution >= 4 is 35.0 Å². The van der Waals surface area contributed by atoms with Gasteiger partial charge in [0.15, 0.2) is 5.75 Å². The number of halogens is 2. The van der Waals surface area contributed by atoms with Crippen LogP contribution in [0.4, 0.5) is 0 Å². The second kappa shape index (κ2) is 10.2. The number of rotatable bonds is 6. The Labute approximate surface area is 187 Å². The van der Waals surface area contributed by atoms with Crippen molar-refractivity contribution in [2.24, 2.45) is 0 Å². The smallest absolute Gasteiger partial charge is 0.256 e. The molecule has 0 aliphatic carbocycles. The molecule has 0 spiro atoms. The fourth-order valence-corrected chi connectivity index (χ4v) is 4.11. The number of hydrogen-bond acceptors (Lipinski definition) is 3. The number of amides is 2. The fourth-order valence-electron chi connectivity index (χ4n) is 3.64. The summed E-state index contributed by atoms with van der Waals surface area (Å²) in [6.45, 7) is 3.30. The first-order valence-electron chi connectivity index (χ1n) is 10.0. The van der Waals surface area contributed by atoms with Crippen molar-refractivity contribution in [3.05, 3.63) is 63.1 Å². The molecule has 0 atom stereocenters. The predicted octanol–water partition coefficient (Wildman–Crippen LogP) is 4.66. The summed E-state index contributed by atoms with van der Waals surface area (Å²) >= 11 is 12.3. The van der Waals surface area contributed by atoms with Crippen LogP contribution in [-0.4, -0.2) is 43.0 Å². The van der Waals surface area contributed by atoms with Crippen LogP contribution >= 0.6 is 23.2 Å². The van der Waals surface area contributed by atoms with Crippen molar-refractivity contribution in [1.29, 1.82) is 0 Å². The third-order valence-corrected chi connectivity index (χ3v) is 6.03.